The quantitative estimate of drug-likeness (QED) is 0.791. The Kier molecular flexibility index (Phi) is 4.35. The number of likely N-dealkylation sites (N-methyl/N-ethyl adjacent to an activating group) is 1. The lowest BCUT2D eigenvalue weighted by Crippen LogP contribution is -2.32. The van der Waals surface area contributed by atoms with Crippen LogP contribution in [-0.2, 0) is 26.2 Å². The molecule has 0 saturated heterocycles. The summed E-state index contributed by atoms with van der Waals surface area (Å²) in [5.74, 6) is -0.201. The number of esters is 1. The molecule has 1 heterocycles. The molecule has 0 spiro atoms. The second-order valence-corrected chi connectivity index (χ2v) is 6.96. The highest BCUT2D eigenvalue weighted by molar-refractivity contribution is 7.90. The average molecular weight is 344 g/mol. The van der Waals surface area contributed by atoms with E-state index in [2.05, 4.69) is 4.40 Å². The number of hydrogen-bond acceptors (Lipinski definition) is 5. The molecular formula is C17H16N2O4S. The summed E-state index contributed by atoms with van der Waals surface area (Å²) >= 11 is 0. The minimum Gasteiger partial charge on any atom is -0.459 e. The smallest absolute Gasteiger partial charge is 0.325 e. The number of carbonyl (C=O) groups excluding carboxylic acids is 1. The first-order valence-corrected chi connectivity index (χ1v) is 8.76. The zero-order valence-electron chi connectivity index (χ0n) is 13.0. The van der Waals surface area contributed by atoms with Gasteiger partial charge in [-0.25, -0.2) is 0 Å². The van der Waals surface area contributed by atoms with Gasteiger partial charge in [-0.05, 0) is 17.7 Å². The number of amidine groups is 1. The van der Waals surface area contributed by atoms with Crippen molar-refractivity contribution in [3.63, 3.8) is 0 Å². The Balaban J connectivity index is 1.67. The fraction of sp³-hybridized carbons (Fsp3) is 0.176. The lowest BCUT2D eigenvalue weighted by atomic mass is 10.2. The van der Waals surface area contributed by atoms with Crippen LogP contribution in [0.15, 0.2) is 63.9 Å². The van der Waals surface area contributed by atoms with Crippen molar-refractivity contribution < 1.29 is 17.9 Å². The minimum atomic E-state index is -3.70. The topological polar surface area (TPSA) is 76.0 Å². The van der Waals surface area contributed by atoms with Crippen LogP contribution in [0, 0.1) is 0 Å². The van der Waals surface area contributed by atoms with E-state index in [1.807, 2.05) is 30.3 Å². The molecule has 0 N–H and O–H groups in total. The first-order chi connectivity index (χ1) is 11.5. The molecule has 0 aromatic heterocycles. The van der Waals surface area contributed by atoms with Crippen molar-refractivity contribution in [3.8, 4) is 0 Å². The summed E-state index contributed by atoms with van der Waals surface area (Å²) in [4.78, 5) is 13.6. The number of rotatable bonds is 4. The second kappa shape index (κ2) is 6.45. The molecule has 7 heteroatoms. The van der Waals surface area contributed by atoms with E-state index in [4.69, 9.17) is 4.74 Å². The molecule has 2 aromatic rings. The summed E-state index contributed by atoms with van der Waals surface area (Å²) in [7, 11) is -2.09. The van der Waals surface area contributed by atoms with E-state index in [0.29, 0.717) is 5.56 Å². The number of nitrogens with zero attached hydrogens (tertiary/aromatic N) is 2. The maximum atomic E-state index is 12.0. The molecule has 0 bridgehead atoms. The number of sulfonamides is 1. The average Bonchev–Trinajstić information content (AvgIpc) is 2.86. The van der Waals surface area contributed by atoms with E-state index in [0.717, 1.165) is 5.56 Å². The zero-order valence-corrected chi connectivity index (χ0v) is 13.9. The highest BCUT2D eigenvalue weighted by Crippen LogP contribution is 2.26. The van der Waals surface area contributed by atoms with Gasteiger partial charge in [0.05, 0.1) is 0 Å². The molecule has 0 fully saturated rings. The van der Waals surface area contributed by atoms with Crippen molar-refractivity contribution in [1.82, 2.24) is 4.90 Å². The lowest BCUT2D eigenvalue weighted by Gasteiger charge is -2.18. The number of benzene rings is 2. The van der Waals surface area contributed by atoms with Crippen LogP contribution in [0.1, 0.15) is 11.1 Å². The second-order valence-electron chi connectivity index (χ2n) is 5.39. The van der Waals surface area contributed by atoms with Crippen molar-refractivity contribution in [2.45, 2.75) is 11.5 Å². The van der Waals surface area contributed by atoms with Crippen molar-refractivity contribution >= 4 is 21.8 Å². The van der Waals surface area contributed by atoms with Gasteiger partial charge in [-0.1, -0.05) is 42.5 Å². The van der Waals surface area contributed by atoms with Crippen LogP contribution >= 0.6 is 0 Å². The lowest BCUT2D eigenvalue weighted by molar-refractivity contribution is -0.145. The third-order valence-electron chi connectivity index (χ3n) is 3.58. The molecule has 1 aliphatic heterocycles. The van der Waals surface area contributed by atoms with Crippen LogP contribution in [0.4, 0.5) is 0 Å². The maximum Gasteiger partial charge on any atom is 0.325 e. The predicted octanol–water partition coefficient (Wildman–Crippen LogP) is 1.81. The van der Waals surface area contributed by atoms with Gasteiger partial charge in [0.25, 0.3) is 10.0 Å². The van der Waals surface area contributed by atoms with Gasteiger partial charge < -0.3 is 9.64 Å². The standard InChI is InChI=1S/C17H16N2O4S/c1-19(11-16(20)23-12-13-7-3-2-4-8-13)17-14-9-5-6-10-15(14)24(21,22)18-17/h2-10H,11-12H2,1H3. The first-order valence-electron chi connectivity index (χ1n) is 7.32. The Morgan fingerprint density at radius 2 is 1.75 bits per heavy atom. The van der Waals surface area contributed by atoms with Crippen LogP contribution in [0.3, 0.4) is 0 Å². The molecule has 2 aromatic carbocycles. The number of carbonyl (C=O) groups is 1. The number of ether oxygens (including phenoxy) is 1. The molecular weight excluding hydrogens is 328 g/mol. The minimum absolute atomic E-state index is 0.0878. The van der Waals surface area contributed by atoms with E-state index in [1.54, 1.807) is 25.2 Å². The molecule has 24 heavy (non-hydrogen) atoms. The Bertz CT molecular complexity index is 892. The summed E-state index contributed by atoms with van der Waals surface area (Å²) < 4.78 is 33.0. The molecule has 0 saturated carbocycles. The predicted molar refractivity (Wildman–Crippen MR) is 89.0 cm³/mol. The molecule has 1 aliphatic rings. The molecule has 0 atom stereocenters. The molecule has 6 nitrogen and oxygen atoms in total. The van der Waals surface area contributed by atoms with Gasteiger partial charge in [-0.3, -0.25) is 4.79 Å². The molecule has 124 valence electrons. The Morgan fingerprint density at radius 3 is 2.50 bits per heavy atom. The van der Waals surface area contributed by atoms with Gasteiger partial charge in [0.15, 0.2) is 5.84 Å². The van der Waals surface area contributed by atoms with Crippen LogP contribution < -0.4 is 0 Å². The summed E-state index contributed by atoms with van der Waals surface area (Å²) in [5.41, 5.74) is 1.38. The van der Waals surface area contributed by atoms with Crippen LogP contribution in [0.5, 0.6) is 0 Å². The van der Waals surface area contributed by atoms with Crippen molar-refractivity contribution in [2.24, 2.45) is 4.40 Å². The third kappa shape index (κ3) is 3.30. The molecule has 0 amide bonds. The molecule has 0 aliphatic carbocycles. The fourth-order valence-electron chi connectivity index (χ4n) is 2.42. The fourth-order valence-corrected chi connectivity index (χ4v) is 3.67. The summed E-state index contributed by atoms with van der Waals surface area (Å²) in [6.45, 7) is 0.0877. The zero-order chi connectivity index (χ0) is 17.2. The van der Waals surface area contributed by atoms with Crippen LogP contribution in [-0.4, -0.2) is 38.7 Å². The Morgan fingerprint density at radius 1 is 1.08 bits per heavy atom. The Hall–Kier alpha value is -2.67. The highest BCUT2D eigenvalue weighted by atomic mass is 32.2. The van der Waals surface area contributed by atoms with Gasteiger partial charge in [-0.2, -0.15) is 8.42 Å². The van der Waals surface area contributed by atoms with Crippen LogP contribution in [0.25, 0.3) is 0 Å². The molecule has 0 unspecified atom stereocenters. The van der Waals surface area contributed by atoms with E-state index in [9.17, 15) is 13.2 Å². The molecule has 0 radical (unpaired) electrons. The summed E-state index contributed by atoms with van der Waals surface area (Å²) in [5, 5.41) is 0. The largest absolute Gasteiger partial charge is 0.459 e. The van der Waals surface area contributed by atoms with Gasteiger partial charge in [0.1, 0.15) is 18.0 Å². The first kappa shape index (κ1) is 16.2. The third-order valence-corrected chi connectivity index (χ3v) is 4.91. The SMILES string of the molecule is CN(CC(=O)OCc1ccccc1)C1=NS(=O)(=O)c2ccccc21. The van der Waals surface area contributed by atoms with Crippen molar-refractivity contribution in [3.05, 3.63) is 65.7 Å². The monoisotopic (exact) mass is 344 g/mol. The van der Waals surface area contributed by atoms with E-state index in [-0.39, 0.29) is 23.9 Å². The normalized spacial score (nSPS) is 14.6. The number of hydrogen-bond donors (Lipinski definition) is 0. The van der Waals surface area contributed by atoms with Crippen LogP contribution in [0.2, 0.25) is 0 Å². The molecule has 3 rings (SSSR count). The van der Waals surface area contributed by atoms with Gasteiger partial charge in [0, 0.05) is 12.6 Å². The number of fused-ring (bicyclic) bond motifs is 1. The van der Waals surface area contributed by atoms with E-state index < -0.39 is 16.0 Å². The maximum absolute atomic E-state index is 12.0. The van der Waals surface area contributed by atoms with Crippen molar-refractivity contribution in [2.75, 3.05) is 13.6 Å². The summed E-state index contributed by atoms with van der Waals surface area (Å²) in [6, 6.07) is 15.9. The van der Waals surface area contributed by atoms with E-state index >= 15 is 0 Å². The van der Waals surface area contributed by atoms with Gasteiger partial charge >= 0.3 is 5.97 Å². The highest BCUT2D eigenvalue weighted by Gasteiger charge is 2.31. The van der Waals surface area contributed by atoms with Gasteiger partial charge in [-0.15, -0.1) is 4.40 Å². The van der Waals surface area contributed by atoms with Gasteiger partial charge in [0.2, 0.25) is 0 Å². The van der Waals surface area contributed by atoms with E-state index in [1.165, 1.54) is 11.0 Å². The summed E-state index contributed by atoms with van der Waals surface area (Å²) in [6.07, 6.45) is 0. The Labute approximate surface area is 140 Å². The van der Waals surface area contributed by atoms with Crippen molar-refractivity contribution in [1.29, 1.82) is 0 Å².